The molecule has 0 saturated carbocycles. The second-order valence-electron chi connectivity index (χ2n) is 7.01. The van der Waals surface area contributed by atoms with Crippen LogP contribution in [0.3, 0.4) is 0 Å². The summed E-state index contributed by atoms with van der Waals surface area (Å²) in [4.78, 5) is 37.4. The molecule has 3 aromatic rings. The normalized spacial score (nSPS) is 15.0. The number of carboxylic acid groups (broad SMARTS) is 1. The first kappa shape index (κ1) is 19.2. The molecule has 2 aromatic carbocycles. The number of hydrogen-bond donors (Lipinski definition) is 1. The maximum Gasteiger partial charge on any atom is 0.329 e. The average Bonchev–Trinajstić information content (AvgIpc) is 3.30. The fourth-order valence-electron chi connectivity index (χ4n) is 3.27. The van der Waals surface area contributed by atoms with Crippen LogP contribution in [0.2, 0.25) is 0 Å². The lowest BCUT2D eigenvalue weighted by Crippen LogP contribution is -2.30. The van der Waals surface area contributed by atoms with E-state index in [1.807, 2.05) is 31.2 Å². The van der Waals surface area contributed by atoms with Gasteiger partial charge in [0.1, 0.15) is 5.70 Å². The van der Waals surface area contributed by atoms with Crippen molar-refractivity contribution < 1.29 is 19.5 Å². The molecule has 3 amide bonds. The molecule has 150 valence electrons. The summed E-state index contributed by atoms with van der Waals surface area (Å²) in [5.74, 6) is -1.69. The number of nitrogens with zero attached hydrogens (tertiary/aromatic N) is 2. The molecular formula is C23H18N3O4-. The quantitative estimate of drug-likeness (QED) is 0.525. The predicted molar refractivity (Wildman–Crippen MR) is 108 cm³/mol. The number of aromatic carboxylic acids is 1. The van der Waals surface area contributed by atoms with Crippen molar-refractivity contribution in [1.29, 1.82) is 0 Å². The standard InChI is InChI=1S/C23H19N3O4/c1-15-7-9-16(10-8-15)14-26-21(27)20(24-23(26)30)13-19-6-3-11-25(19)18-5-2-4-17(12-18)22(28)29/h2-13H,14H2,1H3,(H,24,30)(H,28,29)/p-1/b20-13-. The van der Waals surface area contributed by atoms with E-state index in [9.17, 15) is 19.5 Å². The minimum absolute atomic E-state index is 0.0503. The largest absolute Gasteiger partial charge is 0.545 e. The van der Waals surface area contributed by atoms with Gasteiger partial charge in [-0.05, 0) is 48.4 Å². The Labute approximate surface area is 172 Å². The van der Waals surface area contributed by atoms with Crippen LogP contribution in [0.15, 0.2) is 72.6 Å². The van der Waals surface area contributed by atoms with Crippen molar-refractivity contribution in [1.82, 2.24) is 14.8 Å². The molecule has 0 atom stereocenters. The Bertz CT molecular complexity index is 1180. The minimum atomic E-state index is -1.27. The summed E-state index contributed by atoms with van der Waals surface area (Å²) in [7, 11) is 0. The maximum absolute atomic E-state index is 12.8. The summed E-state index contributed by atoms with van der Waals surface area (Å²) in [6.07, 6.45) is 3.31. The van der Waals surface area contributed by atoms with E-state index >= 15 is 0 Å². The smallest absolute Gasteiger partial charge is 0.329 e. The molecule has 1 saturated heterocycles. The molecule has 0 unspecified atom stereocenters. The van der Waals surface area contributed by atoms with Gasteiger partial charge in [-0.2, -0.15) is 0 Å². The van der Waals surface area contributed by atoms with Crippen molar-refractivity contribution in [2.24, 2.45) is 0 Å². The first-order chi connectivity index (χ1) is 14.4. The summed E-state index contributed by atoms with van der Waals surface area (Å²) in [6, 6.07) is 17.0. The Kier molecular flexibility index (Phi) is 4.93. The molecule has 1 aromatic heterocycles. The van der Waals surface area contributed by atoms with Crippen LogP contribution in [-0.2, 0) is 11.3 Å². The third-order valence-corrected chi connectivity index (χ3v) is 4.86. The van der Waals surface area contributed by atoms with Crippen LogP contribution in [0.1, 0.15) is 27.2 Å². The highest BCUT2D eigenvalue weighted by Gasteiger charge is 2.33. The second kappa shape index (κ2) is 7.71. The molecule has 0 radical (unpaired) electrons. The number of aromatic nitrogens is 1. The third-order valence-electron chi connectivity index (χ3n) is 4.86. The van der Waals surface area contributed by atoms with Gasteiger partial charge in [-0.3, -0.25) is 9.69 Å². The Morgan fingerprint density at radius 1 is 1.07 bits per heavy atom. The highest BCUT2D eigenvalue weighted by Crippen LogP contribution is 2.20. The van der Waals surface area contributed by atoms with Crippen molar-refractivity contribution >= 4 is 24.0 Å². The molecule has 1 aliphatic rings. The first-order valence-corrected chi connectivity index (χ1v) is 9.31. The number of imide groups is 1. The average molecular weight is 400 g/mol. The van der Waals surface area contributed by atoms with E-state index in [1.165, 1.54) is 12.1 Å². The van der Waals surface area contributed by atoms with Crippen LogP contribution in [-0.4, -0.2) is 27.4 Å². The van der Waals surface area contributed by atoms with Gasteiger partial charge in [0, 0.05) is 17.6 Å². The van der Waals surface area contributed by atoms with Crippen LogP contribution in [0.4, 0.5) is 4.79 Å². The van der Waals surface area contributed by atoms with E-state index in [-0.39, 0.29) is 17.8 Å². The summed E-state index contributed by atoms with van der Waals surface area (Å²) < 4.78 is 1.72. The van der Waals surface area contributed by atoms with E-state index < -0.39 is 17.9 Å². The molecule has 1 fully saturated rings. The lowest BCUT2D eigenvalue weighted by atomic mass is 10.1. The van der Waals surface area contributed by atoms with Crippen LogP contribution in [0.5, 0.6) is 0 Å². The van der Waals surface area contributed by atoms with Crippen LogP contribution < -0.4 is 10.4 Å². The predicted octanol–water partition coefficient (Wildman–Crippen LogP) is 2.24. The van der Waals surface area contributed by atoms with Crippen molar-refractivity contribution in [2.75, 3.05) is 0 Å². The van der Waals surface area contributed by atoms with Gasteiger partial charge in [0.05, 0.1) is 12.5 Å². The summed E-state index contributed by atoms with van der Waals surface area (Å²) in [5.41, 5.74) is 3.37. The molecule has 0 bridgehead atoms. The van der Waals surface area contributed by atoms with E-state index in [4.69, 9.17) is 0 Å². The molecule has 30 heavy (non-hydrogen) atoms. The van der Waals surface area contributed by atoms with Gasteiger partial charge in [0.25, 0.3) is 5.91 Å². The molecule has 7 heteroatoms. The van der Waals surface area contributed by atoms with Crippen LogP contribution in [0, 0.1) is 6.92 Å². The van der Waals surface area contributed by atoms with Gasteiger partial charge in [0.2, 0.25) is 0 Å². The fourth-order valence-corrected chi connectivity index (χ4v) is 3.27. The highest BCUT2D eigenvalue weighted by atomic mass is 16.4. The Balaban J connectivity index is 1.60. The minimum Gasteiger partial charge on any atom is -0.545 e. The highest BCUT2D eigenvalue weighted by molar-refractivity contribution is 6.13. The molecule has 1 aliphatic heterocycles. The summed E-state index contributed by atoms with van der Waals surface area (Å²) in [5, 5.41) is 13.8. The number of carbonyl (C=O) groups is 3. The molecule has 4 rings (SSSR count). The lowest BCUT2D eigenvalue weighted by molar-refractivity contribution is -0.255. The van der Waals surface area contributed by atoms with Gasteiger partial charge in [-0.25, -0.2) is 4.79 Å². The van der Waals surface area contributed by atoms with Gasteiger partial charge in [-0.15, -0.1) is 0 Å². The SMILES string of the molecule is Cc1ccc(CN2C(=O)N/C(=C\c3cccn3-c3cccc(C(=O)[O-])c3)C2=O)cc1. The van der Waals surface area contributed by atoms with Crippen LogP contribution in [0.25, 0.3) is 11.8 Å². The monoisotopic (exact) mass is 400 g/mol. The van der Waals surface area contributed by atoms with Gasteiger partial charge in [-0.1, -0.05) is 42.0 Å². The van der Waals surface area contributed by atoms with Crippen molar-refractivity contribution in [3.05, 3.63) is 94.9 Å². The zero-order chi connectivity index (χ0) is 21.3. The number of aryl methyl sites for hydroxylation is 1. The summed E-state index contributed by atoms with van der Waals surface area (Å²) in [6.45, 7) is 2.15. The fraction of sp³-hybridized carbons (Fsp3) is 0.0870. The number of amides is 3. The maximum atomic E-state index is 12.8. The van der Waals surface area contributed by atoms with E-state index in [1.54, 1.807) is 41.1 Å². The van der Waals surface area contributed by atoms with Gasteiger partial charge < -0.3 is 19.8 Å². The third kappa shape index (κ3) is 3.73. The number of rotatable bonds is 5. The molecule has 7 nitrogen and oxygen atoms in total. The van der Waals surface area contributed by atoms with E-state index in [2.05, 4.69) is 5.32 Å². The van der Waals surface area contributed by atoms with Crippen molar-refractivity contribution in [3.63, 3.8) is 0 Å². The number of carbonyl (C=O) groups excluding carboxylic acids is 3. The number of carboxylic acids is 1. The molecule has 0 aliphatic carbocycles. The molecular weight excluding hydrogens is 382 g/mol. The van der Waals surface area contributed by atoms with Gasteiger partial charge in [0.15, 0.2) is 0 Å². The van der Waals surface area contributed by atoms with E-state index in [0.29, 0.717) is 11.4 Å². The topological polar surface area (TPSA) is 94.5 Å². The lowest BCUT2D eigenvalue weighted by Gasteiger charge is -2.12. The molecule has 1 N–H and O–H groups in total. The first-order valence-electron chi connectivity index (χ1n) is 9.31. The Morgan fingerprint density at radius 2 is 1.83 bits per heavy atom. The van der Waals surface area contributed by atoms with Crippen molar-refractivity contribution in [3.8, 4) is 5.69 Å². The number of urea groups is 1. The van der Waals surface area contributed by atoms with Gasteiger partial charge >= 0.3 is 6.03 Å². The Hall–Kier alpha value is -4.13. The summed E-state index contributed by atoms with van der Waals surface area (Å²) >= 11 is 0. The van der Waals surface area contributed by atoms with Crippen LogP contribution >= 0.6 is 0 Å². The van der Waals surface area contributed by atoms with Crippen molar-refractivity contribution in [2.45, 2.75) is 13.5 Å². The molecule has 0 spiro atoms. The zero-order valence-corrected chi connectivity index (χ0v) is 16.2. The Morgan fingerprint density at radius 3 is 2.57 bits per heavy atom. The number of hydrogen-bond acceptors (Lipinski definition) is 4. The molecule has 2 heterocycles. The second-order valence-corrected chi connectivity index (χ2v) is 7.01. The number of nitrogens with one attached hydrogen (secondary N) is 1. The number of benzene rings is 2. The van der Waals surface area contributed by atoms with E-state index in [0.717, 1.165) is 16.0 Å². The zero-order valence-electron chi connectivity index (χ0n) is 16.2.